The van der Waals surface area contributed by atoms with E-state index in [9.17, 15) is 14.4 Å². The highest BCUT2D eigenvalue weighted by Gasteiger charge is 2.10. The zero-order chi connectivity index (χ0) is 15.0. The minimum Gasteiger partial charge on any atom is -0.484 e. The van der Waals surface area contributed by atoms with Gasteiger partial charge in [0.15, 0.2) is 6.61 Å². The second-order valence-corrected chi connectivity index (χ2v) is 3.95. The fraction of sp³-hybridized carbons (Fsp3) is 0.308. The summed E-state index contributed by atoms with van der Waals surface area (Å²) in [5.41, 5.74) is 5.21. The summed E-state index contributed by atoms with van der Waals surface area (Å²) >= 11 is 0. The van der Waals surface area contributed by atoms with Gasteiger partial charge < -0.3 is 9.47 Å². The highest BCUT2D eigenvalue weighted by atomic mass is 16.5. The van der Waals surface area contributed by atoms with Crippen LogP contribution >= 0.6 is 0 Å². The summed E-state index contributed by atoms with van der Waals surface area (Å²) < 4.78 is 9.54. The number of carbonyl (C=O) groups excluding carboxylic acids is 3. The Morgan fingerprint density at radius 1 is 1.15 bits per heavy atom. The van der Waals surface area contributed by atoms with E-state index in [1.807, 2.05) is 13.0 Å². The molecule has 1 aromatic rings. The number of methoxy groups -OCH3 is 1. The number of amides is 2. The molecule has 7 heteroatoms. The second-order valence-electron chi connectivity index (χ2n) is 3.95. The molecule has 0 aromatic heterocycles. The fourth-order valence-electron chi connectivity index (χ4n) is 1.28. The number of aryl methyl sites for hydroxylation is 1. The Morgan fingerprint density at radius 3 is 2.50 bits per heavy atom. The van der Waals surface area contributed by atoms with Crippen molar-refractivity contribution in [1.82, 2.24) is 10.9 Å². The summed E-state index contributed by atoms with van der Waals surface area (Å²) in [6.45, 7) is 1.65. The summed E-state index contributed by atoms with van der Waals surface area (Å²) in [6, 6.07) is 7.21. The number of benzene rings is 1. The van der Waals surface area contributed by atoms with Gasteiger partial charge in [0.05, 0.1) is 7.11 Å². The van der Waals surface area contributed by atoms with Crippen molar-refractivity contribution < 1.29 is 23.9 Å². The number of rotatable bonds is 5. The molecule has 0 aliphatic heterocycles. The average molecular weight is 280 g/mol. The first-order valence-electron chi connectivity index (χ1n) is 5.85. The highest BCUT2D eigenvalue weighted by molar-refractivity contribution is 5.95. The van der Waals surface area contributed by atoms with Crippen molar-refractivity contribution >= 4 is 17.8 Å². The second kappa shape index (κ2) is 7.78. The molecule has 0 aliphatic carbocycles. The van der Waals surface area contributed by atoms with Gasteiger partial charge in [-0.1, -0.05) is 12.1 Å². The maximum atomic E-state index is 11.4. The number of carbonyl (C=O) groups is 3. The van der Waals surface area contributed by atoms with Crippen LogP contribution in [0.25, 0.3) is 0 Å². The van der Waals surface area contributed by atoms with Crippen LogP contribution in [0.1, 0.15) is 12.0 Å². The van der Waals surface area contributed by atoms with E-state index in [1.165, 1.54) is 7.11 Å². The molecule has 1 rings (SSSR count). The van der Waals surface area contributed by atoms with Gasteiger partial charge in [-0.05, 0) is 24.6 Å². The summed E-state index contributed by atoms with van der Waals surface area (Å²) in [6.07, 6.45) is -0.463. The Balaban J connectivity index is 2.27. The molecule has 0 heterocycles. The number of esters is 1. The van der Waals surface area contributed by atoms with Gasteiger partial charge >= 0.3 is 5.97 Å². The molecule has 108 valence electrons. The number of hydrazine groups is 1. The maximum absolute atomic E-state index is 11.4. The van der Waals surface area contributed by atoms with Crippen molar-refractivity contribution in [3.05, 3.63) is 29.8 Å². The van der Waals surface area contributed by atoms with E-state index in [2.05, 4.69) is 15.6 Å². The molecule has 0 unspecified atom stereocenters. The Labute approximate surface area is 116 Å². The zero-order valence-electron chi connectivity index (χ0n) is 11.3. The fourth-order valence-corrected chi connectivity index (χ4v) is 1.28. The van der Waals surface area contributed by atoms with Crippen LogP contribution in [0.2, 0.25) is 0 Å². The highest BCUT2D eigenvalue weighted by Crippen LogP contribution is 2.11. The van der Waals surface area contributed by atoms with E-state index in [0.717, 1.165) is 5.56 Å². The number of nitrogens with one attached hydrogen (secondary N) is 2. The molecule has 0 saturated carbocycles. The third kappa shape index (κ3) is 5.85. The summed E-state index contributed by atoms with van der Waals surface area (Å²) in [5, 5.41) is 0. The van der Waals surface area contributed by atoms with Crippen LogP contribution < -0.4 is 15.6 Å². The van der Waals surface area contributed by atoms with Crippen LogP contribution in [0.5, 0.6) is 5.75 Å². The quantitative estimate of drug-likeness (QED) is 0.453. The van der Waals surface area contributed by atoms with Crippen LogP contribution in [-0.2, 0) is 19.1 Å². The van der Waals surface area contributed by atoms with Crippen molar-refractivity contribution in [1.29, 1.82) is 0 Å². The molecule has 0 aliphatic rings. The molecule has 0 spiro atoms. The van der Waals surface area contributed by atoms with E-state index in [0.29, 0.717) is 5.75 Å². The van der Waals surface area contributed by atoms with Crippen LogP contribution in [-0.4, -0.2) is 31.5 Å². The van der Waals surface area contributed by atoms with Gasteiger partial charge in [0.2, 0.25) is 5.91 Å². The predicted octanol–water partition coefficient (Wildman–Crippen LogP) is 0.0843. The predicted molar refractivity (Wildman–Crippen MR) is 69.6 cm³/mol. The van der Waals surface area contributed by atoms with Crippen LogP contribution in [0, 0.1) is 6.92 Å². The molecule has 0 saturated heterocycles. The third-order valence-electron chi connectivity index (χ3n) is 2.23. The molecular formula is C13H16N2O5. The lowest BCUT2D eigenvalue weighted by molar-refractivity contribution is -0.144. The summed E-state index contributed by atoms with van der Waals surface area (Å²) in [7, 11) is 1.17. The lowest BCUT2D eigenvalue weighted by Gasteiger charge is -2.08. The SMILES string of the molecule is COC(=O)CC(=O)NNC(=O)COc1cccc(C)c1. The maximum Gasteiger partial charge on any atom is 0.315 e. The monoisotopic (exact) mass is 280 g/mol. The molecule has 0 radical (unpaired) electrons. The molecule has 0 atom stereocenters. The van der Waals surface area contributed by atoms with E-state index in [4.69, 9.17) is 4.74 Å². The topological polar surface area (TPSA) is 93.7 Å². The van der Waals surface area contributed by atoms with E-state index in [-0.39, 0.29) is 6.61 Å². The van der Waals surface area contributed by atoms with Crippen molar-refractivity contribution in [2.45, 2.75) is 13.3 Å². The Hall–Kier alpha value is -2.57. The van der Waals surface area contributed by atoms with E-state index >= 15 is 0 Å². The normalized spacial score (nSPS) is 9.50. The van der Waals surface area contributed by atoms with Crippen molar-refractivity contribution in [3.63, 3.8) is 0 Å². The Bertz CT molecular complexity index is 501. The minimum atomic E-state index is -0.687. The minimum absolute atomic E-state index is 0.248. The lowest BCUT2D eigenvalue weighted by Crippen LogP contribution is -2.44. The molecule has 2 amide bonds. The molecular weight excluding hydrogens is 264 g/mol. The lowest BCUT2D eigenvalue weighted by atomic mass is 10.2. The third-order valence-corrected chi connectivity index (χ3v) is 2.23. The van der Waals surface area contributed by atoms with Crippen molar-refractivity contribution in [2.24, 2.45) is 0 Å². The first-order valence-corrected chi connectivity index (χ1v) is 5.85. The standard InChI is InChI=1S/C13H16N2O5/c1-9-4-3-5-10(6-9)20-8-12(17)15-14-11(16)7-13(18)19-2/h3-6H,7-8H2,1-2H3,(H,14,16)(H,15,17). The van der Waals surface area contributed by atoms with Crippen molar-refractivity contribution in [3.8, 4) is 5.75 Å². The van der Waals surface area contributed by atoms with Gasteiger partial charge in [-0.2, -0.15) is 0 Å². The Morgan fingerprint density at radius 2 is 1.85 bits per heavy atom. The molecule has 7 nitrogen and oxygen atoms in total. The largest absolute Gasteiger partial charge is 0.484 e. The van der Waals surface area contributed by atoms with Gasteiger partial charge in [-0.15, -0.1) is 0 Å². The number of hydrogen-bond acceptors (Lipinski definition) is 5. The van der Waals surface area contributed by atoms with Crippen LogP contribution in [0.15, 0.2) is 24.3 Å². The molecule has 20 heavy (non-hydrogen) atoms. The van der Waals surface area contributed by atoms with Gasteiger partial charge in [0, 0.05) is 0 Å². The number of hydrogen-bond donors (Lipinski definition) is 2. The first-order chi connectivity index (χ1) is 9.51. The Kier molecular flexibility index (Phi) is 6.02. The first kappa shape index (κ1) is 15.5. The summed E-state index contributed by atoms with van der Waals surface area (Å²) in [4.78, 5) is 33.4. The van der Waals surface area contributed by atoms with Gasteiger partial charge in [0.1, 0.15) is 12.2 Å². The number of ether oxygens (including phenoxy) is 2. The zero-order valence-corrected chi connectivity index (χ0v) is 11.3. The van der Waals surface area contributed by atoms with Gasteiger partial charge in [-0.3, -0.25) is 25.2 Å². The van der Waals surface area contributed by atoms with Gasteiger partial charge in [0.25, 0.3) is 5.91 Å². The van der Waals surface area contributed by atoms with E-state index in [1.54, 1.807) is 18.2 Å². The molecule has 1 aromatic carbocycles. The van der Waals surface area contributed by atoms with Crippen LogP contribution in [0.4, 0.5) is 0 Å². The molecule has 2 N–H and O–H groups in total. The van der Waals surface area contributed by atoms with E-state index < -0.39 is 24.2 Å². The molecule has 0 fully saturated rings. The average Bonchev–Trinajstić information content (AvgIpc) is 2.42. The summed E-state index contributed by atoms with van der Waals surface area (Å²) in [5.74, 6) is -1.33. The van der Waals surface area contributed by atoms with Crippen molar-refractivity contribution in [2.75, 3.05) is 13.7 Å². The van der Waals surface area contributed by atoms with Crippen LogP contribution in [0.3, 0.4) is 0 Å². The smallest absolute Gasteiger partial charge is 0.315 e. The molecule has 0 bridgehead atoms. The van der Waals surface area contributed by atoms with Gasteiger partial charge in [-0.25, -0.2) is 0 Å².